The molecule has 1 aliphatic heterocycles. The first-order chi connectivity index (χ1) is 17.8. The summed E-state index contributed by atoms with van der Waals surface area (Å²) in [6.07, 6.45) is 0. The normalized spacial score (nSPS) is 16.7. The molecule has 1 aliphatic rings. The van der Waals surface area contributed by atoms with E-state index < -0.39 is 17.7 Å². The number of aliphatic hydroxyl groups is 1. The lowest BCUT2D eigenvalue weighted by molar-refractivity contribution is -0.132. The topological polar surface area (TPSA) is 85.3 Å². The Hall–Kier alpha value is -3.97. The number of methoxy groups -OCH3 is 1. The van der Waals surface area contributed by atoms with Crippen molar-refractivity contribution in [2.24, 2.45) is 0 Å². The Morgan fingerprint density at radius 2 is 1.65 bits per heavy atom. The smallest absolute Gasteiger partial charge is 0.300 e. The summed E-state index contributed by atoms with van der Waals surface area (Å²) in [5.74, 6) is -0.543. The summed E-state index contributed by atoms with van der Waals surface area (Å²) < 4.78 is 16.6. The molecule has 1 N–H and O–H groups in total. The van der Waals surface area contributed by atoms with Crippen molar-refractivity contribution in [3.63, 3.8) is 0 Å². The van der Waals surface area contributed by atoms with Crippen molar-refractivity contribution < 1.29 is 28.9 Å². The van der Waals surface area contributed by atoms with Crippen LogP contribution >= 0.6 is 11.6 Å². The highest BCUT2D eigenvalue weighted by Crippen LogP contribution is 2.45. The van der Waals surface area contributed by atoms with Gasteiger partial charge < -0.3 is 19.3 Å². The van der Waals surface area contributed by atoms with Crippen LogP contribution in [0.3, 0.4) is 0 Å². The number of ketones is 1. The maximum absolute atomic E-state index is 13.5. The molecule has 0 aliphatic carbocycles. The van der Waals surface area contributed by atoms with Gasteiger partial charge in [-0.15, -0.1) is 0 Å². The average molecular weight is 522 g/mol. The van der Waals surface area contributed by atoms with Crippen molar-refractivity contribution in [2.75, 3.05) is 25.2 Å². The zero-order valence-electron chi connectivity index (χ0n) is 21.1. The molecular weight excluding hydrogens is 494 g/mol. The van der Waals surface area contributed by atoms with E-state index >= 15 is 0 Å². The average Bonchev–Trinajstić information content (AvgIpc) is 3.14. The fraction of sp³-hybridized carbons (Fsp3) is 0.241. The minimum Gasteiger partial charge on any atom is -0.507 e. The summed E-state index contributed by atoms with van der Waals surface area (Å²) in [5, 5.41) is 11.8. The van der Waals surface area contributed by atoms with E-state index in [9.17, 15) is 14.7 Å². The fourth-order valence-corrected chi connectivity index (χ4v) is 4.83. The maximum Gasteiger partial charge on any atom is 0.300 e. The lowest BCUT2D eigenvalue weighted by Crippen LogP contribution is -2.29. The van der Waals surface area contributed by atoms with Crippen LogP contribution in [0.2, 0.25) is 5.02 Å². The van der Waals surface area contributed by atoms with Gasteiger partial charge in [-0.3, -0.25) is 14.5 Å². The molecule has 1 atom stereocenters. The van der Waals surface area contributed by atoms with E-state index in [1.54, 1.807) is 60.7 Å². The molecule has 0 saturated carbocycles. The Balaban J connectivity index is 1.96. The number of carbonyl (C=O) groups excluding carboxylic acids is 2. The Bertz CT molecular complexity index is 1370. The molecule has 37 heavy (non-hydrogen) atoms. The Morgan fingerprint density at radius 3 is 2.30 bits per heavy atom. The van der Waals surface area contributed by atoms with E-state index in [0.717, 1.165) is 5.56 Å². The predicted molar refractivity (Wildman–Crippen MR) is 143 cm³/mol. The second-order valence-electron chi connectivity index (χ2n) is 8.43. The highest BCUT2D eigenvalue weighted by molar-refractivity contribution is 6.51. The first-order valence-corrected chi connectivity index (χ1v) is 12.3. The van der Waals surface area contributed by atoms with Crippen LogP contribution < -0.4 is 19.1 Å². The number of rotatable bonds is 8. The number of aryl methyl sites for hydroxylation is 1. The molecule has 1 unspecified atom stereocenters. The van der Waals surface area contributed by atoms with Crippen LogP contribution in [0.1, 0.15) is 36.6 Å². The molecule has 0 aromatic heterocycles. The summed E-state index contributed by atoms with van der Waals surface area (Å²) in [6.45, 7) is 6.50. The third-order valence-corrected chi connectivity index (χ3v) is 6.28. The van der Waals surface area contributed by atoms with Gasteiger partial charge in [-0.25, -0.2) is 0 Å². The van der Waals surface area contributed by atoms with Gasteiger partial charge in [0.15, 0.2) is 0 Å². The van der Waals surface area contributed by atoms with Crippen molar-refractivity contribution in [3.8, 4) is 17.2 Å². The number of benzene rings is 3. The molecule has 1 heterocycles. The van der Waals surface area contributed by atoms with Crippen LogP contribution in [0.15, 0.2) is 66.2 Å². The van der Waals surface area contributed by atoms with Gasteiger partial charge >= 0.3 is 0 Å². The fourth-order valence-electron chi connectivity index (χ4n) is 4.48. The number of carbonyl (C=O) groups is 2. The SMILES string of the molecule is CCOc1ccc(N2C(=O)C(=O)/C(=C(/O)c3cc(C)cc(Cl)c3OC)C2c2cccc(OCC)c2)cc1. The van der Waals surface area contributed by atoms with Gasteiger partial charge in [0.25, 0.3) is 11.7 Å². The molecule has 4 rings (SSSR count). The number of halogens is 1. The van der Waals surface area contributed by atoms with Crippen molar-refractivity contribution >= 4 is 34.7 Å². The highest BCUT2D eigenvalue weighted by atomic mass is 35.5. The van der Waals surface area contributed by atoms with Gasteiger partial charge in [0, 0.05) is 5.69 Å². The molecule has 0 bridgehead atoms. The summed E-state index contributed by atoms with van der Waals surface area (Å²) in [5.41, 5.74) is 1.97. The summed E-state index contributed by atoms with van der Waals surface area (Å²) in [4.78, 5) is 28.3. The van der Waals surface area contributed by atoms with E-state index in [2.05, 4.69) is 0 Å². The zero-order chi connectivity index (χ0) is 26.7. The quantitative estimate of drug-likeness (QED) is 0.220. The van der Waals surface area contributed by atoms with E-state index in [1.807, 2.05) is 20.8 Å². The van der Waals surface area contributed by atoms with Crippen LogP contribution in [0, 0.1) is 6.92 Å². The molecular formula is C29H28ClNO6. The molecule has 7 nitrogen and oxygen atoms in total. The Morgan fingerprint density at radius 1 is 0.973 bits per heavy atom. The van der Waals surface area contributed by atoms with Crippen LogP contribution in [0.4, 0.5) is 5.69 Å². The molecule has 0 spiro atoms. The van der Waals surface area contributed by atoms with Crippen LogP contribution in [-0.2, 0) is 9.59 Å². The lowest BCUT2D eigenvalue weighted by atomic mass is 9.94. The number of hydrogen-bond acceptors (Lipinski definition) is 6. The molecule has 1 saturated heterocycles. The molecule has 3 aromatic rings. The third-order valence-electron chi connectivity index (χ3n) is 6.00. The van der Waals surface area contributed by atoms with Crippen molar-refractivity contribution in [2.45, 2.75) is 26.8 Å². The highest BCUT2D eigenvalue weighted by Gasteiger charge is 2.47. The van der Waals surface area contributed by atoms with Crippen molar-refractivity contribution in [3.05, 3.63) is 87.9 Å². The second-order valence-corrected chi connectivity index (χ2v) is 8.84. The maximum atomic E-state index is 13.5. The second kappa shape index (κ2) is 11.0. The zero-order valence-corrected chi connectivity index (χ0v) is 21.8. The minimum absolute atomic E-state index is 0.0764. The molecule has 8 heteroatoms. The van der Waals surface area contributed by atoms with Gasteiger partial charge in [-0.05, 0) is 80.4 Å². The van der Waals surface area contributed by atoms with Crippen molar-refractivity contribution in [1.29, 1.82) is 0 Å². The Kier molecular flexibility index (Phi) is 7.74. The number of anilines is 1. The number of ether oxygens (including phenoxy) is 3. The molecule has 0 radical (unpaired) electrons. The number of amides is 1. The summed E-state index contributed by atoms with van der Waals surface area (Å²) in [7, 11) is 1.43. The van der Waals surface area contributed by atoms with E-state index in [1.165, 1.54) is 12.0 Å². The molecule has 192 valence electrons. The first kappa shape index (κ1) is 26.1. The molecule has 1 fully saturated rings. The number of hydrogen-bond donors (Lipinski definition) is 1. The standard InChI is InChI=1S/C29H28ClNO6/c1-5-36-20-12-10-19(11-13-20)31-25(18-8-7-9-21(16-18)37-6-2)24(27(33)29(31)34)26(32)22-14-17(3)15-23(30)28(22)35-4/h7-16,25,32H,5-6H2,1-4H3/b26-24+. The lowest BCUT2D eigenvalue weighted by Gasteiger charge is -2.26. The van der Waals surface area contributed by atoms with E-state index in [-0.39, 0.29) is 27.7 Å². The van der Waals surface area contributed by atoms with E-state index in [0.29, 0.717) is 36.0 Å². The minimum atomic E-state index is -0.928. The first-order valence-electron chi connectivity index (χ1n) is 11.9. The van der Waals surface area contributed by atoms with Crippen LogP contribution in [0.25, 0.3) is 5.76 Å². The molecule has 3 aromatic carbocycles. The number of nitrogens with zero attached hydrogens (tertiary/aromatic N) is 1. The van der Waals surface area contributed by atoms with Gasteiger partial charge in [0.2, 0.25) is 0 Å². The largest absolute Gasteiger partial charge is 0.507 e. The van der Waals surface area contributed by atoms with Gasteiger partial charge in [0.05, 0.1) is 42.5 Å². The van der Waals surface area contributed by atoms with Gasteiger partial charge in [-0.2, -0.15) is 0 Å². The molecule has 1 amide bonds. The Labute approximate surface area is 220 Å². The third kappa shape index (κ3) is 5.00. The van der Waals surface area contributed by atoms with Crippen LogP contribution in [-0.4, -0.2) is 37.1 Å². The monoisotopic (exact) mass is 521 g/mol. The van der Waals surface area contributed by atoms with Crippen molar-refractivity contribution in [1.82, 2.24) is 0 Å². The summed E-state index contributed by atoms with van der Waals surface area (Å²) >= 11 is 6.38. The van der Waals surface area contributed by atoms with Gasteiger partial charge in [0.1, 0.15) is 23.0 Å². The van der Waals surface area contributed by atoms with Crippen LogP contribution in [0.5, 0.6) is 17.2 Å². The predicted octanol–water partition coefficient (Wildman–Crippen LogP) is 6.08. The van der Waals surface area contributed by atoms with Gasteiger partial charge in [-0.1, -0.05) is 23.7 Å². The van der Waals surface area contributed by atoms with E-state index in [4.69, 9.17) is 25.8 Å². The number of aliphatic hydroxyl groups excluding tert-OH is 1. The number of Topliss-reactive ketones (excluding diaryl/α,β-unsaturated/α-hetero) is 1. The summed E-state index contributed by atoms with van der Waals surface area (Å²) in [6, 6.07) is 16.4.